The summed E-state index contributed by atoms with van der Waals surface area (Å²) in [6.07, 6.45) is 0. The highest BCUT2D eigenvalue weighted by molar-refractivity contribution is 9.10. The van der Waals surface area contributed by atoms with E-state index in [2.05, 4.69) is 25.2 Å². The molecular formula is C6H5BrClPS. The van der Waals surface area contributed by atoms with E-state index in [9.17, 15) is 0 Å². The second kappa shape index (κ2) is 3.96. The second-order valence-corrected chi connectivity index (χ2v) is 4.22. The molecule has 0 bridgehead atoms. The topological polar surface area (TPSA) is 0 Å². The van der Waals surface area contributed by atoms with Crippen LogP contribution in [0.4, 0.5) is 0 Å². The van der Waals surface area contributed by atoms with Crippen molar-refractivity contribution in [3.05, 3.63) is 22.7 Å². The number of halogens is 2. The van der Waals surface area contributed by atoms with Gasteiger partial charge < -0.3 is 0 Å². The number of benzene rings is 1. The minimum Gasteiger partial charge on any atom is -0.103 e. The first-order valence-electron chi connectivity index (χ1n) is 2.58. The highest BCUT2D eigenvalue weighted by Gasteiger charge is 1.99. The standard InChI is InChI=1S/C6H5BrClPS/c7-4-2-1-3-5(10-8)6(4)9/h1-3H,9H2. The zero-order valence-corrected chi connectivity index (χ0v) is 9.29. The first kappa shape index (κ1) is 8.86. The third kappa shape index (κ3) is 1.88. The molecule has 0 fully saturated rings. The van der Waals surface area contributed by atoms with Crippen LogP contribution in [0.1, 0.15) is 0 Å². The van der Waals surface area contributed by atoms with Gasteiger partial charge in [-0.1, -0.05) is 22.0 Å². The van der Waals surface area contributed by atoms with Crippen molar-refractivity contribution < 1.29 is 0 Å². The molecule has 10 heavy (non-hydrogen) atoms. The Kier molecular flexibility index (Phi) is 3.51. The number of rotatable bonds is 1. The molecule has 0 radical (unpaired) electrons. The van der Waals surface area contributed by atoms with E-state index in [1.165, 1.54) is 11.0 Å². The molecule has 54 valence electrons. The molecule has 0 aliphatic heterocycles. The molecule has 0 aliphatic carbocycles. The molecule has 1 aromatic carbocycles. The summed E-state index contributed by atoms with van der Waals surface area (Å²) in [5.41, 5.74) is 0. The molecular weight excluding hydrogens is 250 g/mol. The fraction of sp³-hybridized carbons (Fsp3) is 0. The van der Waals surface area contributed by atoms with Crippen LogP contribution in [-0.2, 0) is 0 Å². The Morgan fingerprint density at radius 3 is 2.70 bits per heavy atom. The Morgan fingerprint density at radius 1 is 1.50 bits per heavy atom. The lowest BCUT2D eigenvalue weighted by Gasteiger charge is -2.00. The predicted molar refractivity (Wildman–Crippen MR) is 55.2 cm³/mol. The highest BCUT2D eigenvalue weighted by Crippen LogP contribution is 2.24. The Labute approximate surface area is 79.6 Å². The van der Waals surface area contributed by atoms with Crippen LogP contribution in [0.15, 0.2) is 27.6 Å². The summed E-state index contributed by atoms with van der Waals surface area (Å²) in [6, 6.07) is 5.92. The first-order valence-corrected chi connectivity index (χ1v) is 5.59. The van der Waals surface area contributed by atoms with Crippen molar-refractivity contribution in [3.8, 4) is 0 Å². The van der Waals surface area contributed by atoms with Gasteiger partial charge in [-0.15, -0.1) is 9.24 Å². The average molecular weight is 256 g/mol. The van der Waals surface area contributed by atoms with Crippen molar-refractivity contribution in [3.63, 3.8) is 0 Å². The highest BCUT2D eigenvalue weighted by atomic mass is 79.9. The van der Waals surface area contributed by atoms with Crippen molar-refractivity contribution in [1.82, 2.24) is 0 Å². The maximum atomic E-state index is 5.59. The van der Waals surface area contributed by atoms with Crippen LogP contribution < -0.4 is 5.30 Å². The fourth-order valence-corrected chi connectivity index (χ4v) is 2.40. The van der Waals surface area contributed by atoms with Crippen LogP contribution in [0.5, 0.6) is 0 Å². The summed E-state index contributed by atoms with van der Waals surface area (Å²) < 4.78 is 1.07. The largest absolute Gasteiger partial charge is 0.103 e. The summed E-state index contributed by atoms with van der Waals surface area (Å²) in [5.74, 6) is 0. The minimum absolute atomic E-state index is 1.07. The molecule has 0 heterocycles. The van der Waals surface area contributed by atoms with E-state index < -0.39 is 0 Å². The van der Waals surface area contributed by atoms with Gasteiger partial charge in [-0.3, -0.25) is 0 Å². The van der Waals surface area contributed by atoms with Gasteiger partial charge in [-0.25, -0.2) is 0 Å². The summed E-state index contributed by atoms with van der Waals surface area (Å²) in [6.45, 7) is 0. The van der Waals surface area contributed by atoms with Crippen molar-refractivity contribution in [2.75, 3.05) is 0 Å². The van der Waals surface area contributed by atoms with Crippen LogP contribution in [-0.4, -0.2) is 0 Å². The smallest absolute Gasteiger partial charge is 0.0316 e. The van der Waals surface area contributed by atoms with E-state index >= 15 is 0 Å². The van der Waals surface area contributed by atoms with Crippen LogP contribution in [0, 0.1) is 0 Å². The Balaban J connectivity index is 3.14. The van der Waals surface area contributed by atoms with Crippen molar-refractivity contribution in [2.45, 2.75) is 4.90 Å². The van der Waals surface area contributed by atoms with Gasteiger partial charge in [0.25, 0.3) is 0 Å². The molecule has 4 heteroatoms. The fourth-order valence-electron chi connectivity index (χ4n) is 0.585. The van der Waals surface area contributed by atoms with Gasteiger partial charge in [-0.2, -0.15) is 0 Å². The lowest BCUT2D eigenvalue weighted by Crippen LogP contribution is -1.94. The van der Waals surface area contributed by atoms with E-state index in [1.54, 1.807) is 0 Å². The third-order valence-corrected chi connectivity index (χ3v) is 4.06. The first-order chi connectivity index (χ1) is 4.75. The van der Waals surface area contributed by atoms with Gasteiger partial charge in [0.2, 0.25) is 0 Å². The molecule has 0 saturated carbocycles. The second-order valence-electron chi connectivity index (χ2n) is 1.73. The van der Waals surface area contributed by atoms with Gasteiger partial charge in [0.1, 0.15) is 0 Å². The maximum Gasteiger partial charge on any atom is 0.0316 e. The molecule has 0 aliphatic rings. The average Bonchev–Trinajstić information content (AvgIpc) is 1.95. The molecule has 0 aromatic heterocycles. The van der Waals surface area contributed by atoms with E-state index in [-0.39, 0.29) is 0 Å². The van der Waals surface area contributed by atoms with Crippen LogP contribution in [0.3, 0.4) is 0 Å². The quantitative estimate of drug-likeness (QED) is 0.695. The van der Waals surface area contributed by atoms with Gasteiger partial charge in [0, 0.05) is 9.37 Å². The van der Waals surface area contributed by atoms with Crippen LogP contribution in [0.25, 0.3) is 0 Å². The number of hydrogen-bond acceptors (Lipinski definition) is 1. The lowest BCUT2D eigenvalue weighted by molar-refractivity contribution is 1.52. The SMILES string of the molecule is Pc1c(Br)cccc1SCl. The van der Waals surface area contributed by atoms with E-state index in [1.807, 2.05) is 18.2 Å². The van der Waals surface area contributed by atoms with E-state index in [0.29, 0.717) is 0 Å². The molecule has 0 nitrogen and oxygen atoms in total. The molecule has 1 unspecified atom stereocenters. The van der Waals surface area contributed by atoms with Crippen LogP contribution in [0.2, 0.25) is 0 Å². The lowest BCUT2D eigenvalue weighted by atomic mass is 10.4. The Hall–Kier alpha value is 0.770. The zero-order chi connectivity index (χ0) is 7.56. The van der Waals surface area contributed by atoms with E-state index in [0.717, 1.165) is 14.7 Å². The summed E-state index contributed by atoms with van der Waals surface area (Å²) in [7, 11) is 9.45. The Bertz CT molecular complexity index is 241. The molecule has 0 amide bonds. The summed E-state index contributed by atoms with van der Waals surface area (Å²) in [4.78, 5) is 1.07. The molecule has 0 saturated heterocycles. The molecule has 1 aromatic rings. The zero-order valence-electron chi connectivity index (χ0n) is 4.97. The monoisotopic (exact) mass is 254 g/mol. The van der Waals surface area contributed by atoms with Crippen LogP contribution >= 0.6 is 46.8 Å². The maximum absolute atomic E-state index is 5.59. The van der Waals surface area contributed by atoms with Gasteiger partial charge in [0.05, 0.1) is 0 Å². The van der Waals surface area contributed by atoms with Gasteiger partial charge in [0.15, 0.2) is 0 Å². The molecule has 1 atom stereocenters. The molecule has 1 rings (SSSR count). The minimum atomic E-state index is 1.07. The van der Waals surface area contributed by atoms with E-state index in [4.69, 9.17) is 10.7 Å². The molecule has 0 spiro atoms. The van der Waals surface area contributed by atoms with Gasteiger partial charge in [-0.05, 0) is 39.1 Å². The van der Waals surface area contributed by atoms with Crippen molar-refractivity contribution >= 4 is 52.1 Å². The predicted octanol–water partition coefficient (Wildman–Crippen LogP) is 3.20. The van der Waals surface area contributed by atoms with Crippen molar-refractivity contribution in [1.29, 1.82) is 0 Å². The molecule has 0 N–H and O–H groups in total. The number of hydrogen-bond donors (Lipinski definition) is 0. The van der Waals surface area contributed by atoms with Gasteiger partial charge >= 0.3 is 0 Å². The summed E-state index contributed by atoms with van der Waals surface area (Å²) in [5, 5.41) is 1.11. The third-order valence-electron chi connectivity index (χ3n) is 1.10. The summed E-state index contributed by atoms with van der Waals surface area (Å²) >= 11 is 3.39. The Morgan fingerprint density at radius 2 is 2.20 bits per heavy atom. The normalized spacial score (nSPS) is 9.90. The van der Waals surface area contributed by atoms with Crippen molar-refractivity contribution in [2.24, 2.45) is 0 Å².